The van der Waals surface area contributed by atoms with Crippen LogP contribution in [-0.2, 0) is 10.0 Å². The topological polar surface area (TPSA) is 80.5 Å². The summed E-state index contributed by atoms with van der Waals surface area (Å²) in [6.45, 7) is 0.424. The molecule has 0 bridgehead atoms. The van der Waals surface area contributed by atoms with Crippen LogP contribution in [0.1, 0.15) is 15.9 Å². The van der Waals surface area contributed by atoms with E-state index in [0.717, 1.165) is 19.2 Å². The van der Waals surface area contributed by atoms with Gasteiger partial charge in [0.05, 0.1) is 6.54 Å². The number of hydrogen-bond donors (Lipinski definition) is 1. The maximum Gasteiger partial charge on any atom is 0.255 e. The zero-order valence-corrected chi connectivity index (χ0v) is 11.5. The molecule has 0 heterocycles. The normalized spacial score (nSPS) is 11.8. The van der Waals surface area contributed by atoms with Crippen molar-refractivity contribution in [1.82, 2.24) is 4.90 Å². The lowest BCUT2D eigenvalue weighted by atomic mass is 10.1. The maximum atomic E-state index is 13.6. The van der Waals surface area contributed by atoms with Gasteiger partial charge >= 0.3 is 0 Å². The van der Waals surface area contributed by atoms with Crippen LogP contribution in [0.5, 0.6) is 0 Å². The summed E-state index contributed by atoms with van der Waals surface area (Å²) in [6, 6.07) is 1.82. The molecule has 0 unspecified atom stereocenters. The minimum absolute atomic E-state index is 0.120. The van der Waals surface area contributed by atoms with Crippen molar-refractivity contribution in [3.63, 3.8) is 0 Å². The Morgan fingerprint density at radius 2 is 1.95 bits per heavy atom. The number of carbonyl (C=O) groups is 1. The molecule has 1 aromatic carbocycles. The standard InChI is InChI=1S/C11H13F3N2O3S/c1-6-3-7(11(17)16(2)5-9(12)13)4-8(10(6)14)20(15,18)19/h3-4,9H,5H2,1-2H3,(H2,15,18,19). The van der Waals surface area contributed by atoms with Gasteiger partial charge in [-0.15, -0.1) is 0 Å². The summed E-state index contributed by atoms with van der Waals surface area (Å²) in [4.78, 5) is 11.7. The third-order valence-electron chi connectivity index (χ3n) is 2.53. The number of alkyl halides is 2. The van der Waals surface area contributed by atoms with E-state index in [-0.39, 0.29) is 11.1 Å². The van der Waals surface area contributed by atoms with Crippen molar-refractivity contribution in [3.8, 4) is 0 Å². The van der Waals surface area contributed by atoms with Gasteiger partial charge in [0.1, 0.15) is 10.7 Å². The number of carbonyl (C=O) groups excluding carboxylic acids is 1. The van der Waals surface area contributed by atoms with Crippen LogP contribution >= 0.6 is 0 Å². The molecule has 112 valence electrons. The average Bonchev–Trinajstić information content (AvgIpc) is 2.29. The second-order valence-electron chi connectivity index (χ2n) is 4.23. The lowest BCUT2D eigenvalue weighted by molar-refractivity contribution is 0.0620. The van der Waals surface area contributed by atoms with E-state index < -0.39 is 39.6 Å². The second kappa shape index (κ2) is 5.80. The van der Waals surface area contributed by atoms with Crippen LogP contribution in [0.3, 0.4) is 0 Å². The van der Waals surface area contributed by atoms with Gasteiger partial charge in [-0.25, -0.2) is 26.7 Å². The minimum atomic E-state index is -4.35. The van der Waals surface area contributed by atoms with Crippen molar-refractivity contribution in [1.29, 1.82) is 0 Å². The first kappa shape index (κ1) is 16.4. The van der Waals surface area contributed by atoms with E-state index in [1.165, 1.54) is 6.92 Å². The number of hydrogen-bond acceptors (Lipinski definition) is 3. The zero-order valence-electron chi connectivity index (χ0n) is 10.7. The molecule has 0 aliphatic rings. The van der Waals surface area contributed by atoms with Crippen LogP contribution in [0.2, 0.25) is 0 Å². The van der Waals surface area contributed by atoms with Crippen molar-refractivity contribution in [3.05, 3.63) is 29.1 Å². The minimum Gasteiger partial charge on any atom is -0.336 e. The summed E-state index contributed by atoms with van der Waals surface area (Å²) < 4.78 is 60.5. The lowest BCUT2D eigenvalue weighted by Crippen LogP contribution is -2.31. The van der Waals surface area contributed by atoms with E-state index >= 15 is 0 Å². The number of aryl methyl sites for hydroxylation is 1. The summed E-state index contributed by atoms with van der Waals surface area (Å²) in [5, 5.41) is 4.84. The molecule has 1 amide bonds. The number of benzene rings is 1. The van der Waals surface area contributed by atoms with Gasteiger partial charge in [-0.2, -0.15) is 0 Å². The molecule has 2 N–H and O–H groups in total. The SMILES string of the molecule is Cc1cc(C(=O)N(C)CC(F)F)cc(S(N)(=O)=O)c1F. The van der Waals surface area contributed by atoms with Gasteiger partial charge < -0.3 is 4.90 Å². The summed E-state index contributed by atoms with van der Waals surface area (Å²) in [7, 11) is -3.23. The molecule has 0 aliphatic heterocycles. The average molecular weight is 310 g/mol. The first-order valence-corrected chi connectivity index (χ1v) is 6.95. The van der Waals surface area contributed by atoms with Gasteiger partial charge in [0.15, 0.2) is 0 Å². The summed E-state index contributed by atoms with van der Waals surface area (Å²) in [5.41, 5.74) is -0.346. The van der Waals surface area contributed by atoms with Crippen molar-refractivity contribution in [2.24, 2.45) is 5.14 Å². The Kier molecular flexibility index (Phi) is 4.77. The molecule has 0 fully saturated rings. The number of halogens is 3. The van der Waals surface area contributed by atoms with Gasteiger partial charge in [0, 0.05) is 12.6 Å². The van der Waals surface area contributed by atoms with Crippen LogP contribution < -0.4 is 5.14 Å². The fourth-order valence-corrected chi connectivity index (χ4v) is 2.28. The highest BCUT2D eigenvalue weighted by atomic mass is 32.2. The van der Waals surface area contributed by atoms with Gasteiger partial charge in [-0.1, -0.05) is 0 Å². The van der Waals surface area contributed by atoms with Gasteiger partial charge in [0.25, 0.3) is 12.3 Å². The molecule has 9 heteroatoms. The van der Waals surface area contributed by atoms with E-state index in [4.69, 9.17) is 5.14 Å². The molecule has 1 aromatic rings. The number of sulfonamides is 1. The van der Waals surface area contributed by atoms with Crippen LogP contribution in [0.4, 0.5) is 13.2 Å². The van der Waals surface area contributed by atoms with Crippen LogP contribution in [0.25, 0.3) is 0 Å². The van der Waals surface area contributed by atoms with E-state index in [1.807, 2.05) is 0 Å². The molecule has 20 heavy (non-hydrogen) atoms. The Bertz CT molecular complexity index is 632. The molecule has 0 radical (unpaired) electrons. The monoisotopic (exact) mass is 310 g/mol. The molecule has 1 rings (SSSR count). The molecule has 0 atom stereocenters. The molecule has 0 aromatic heterocycles. The number of nitrogens with two attached hydrogens (primary N) is 1. The molecular formula is C11H13F3N2O3S. The quantitative estimate of drug-likeness (QED) is 0.905. The summed E-state index contributed by atoms with van der Waals surface area (Å²) in [5.74, 6) is -1.92. The number of amides is 1. The Labute approximate surface area is 114 Å². The van der Waals surface area contributed by atoms with Crippen molar-refractivity contribution in [2.45, 2.75) is 18.2 Å². The highest BCUT2D eigenvalue weighted by Crippen LogP contribution is 2.20. The molecule has 0 aliphatic carbocycles. The van der Waals surface area contributed by atoms with E-state index in [2.05, 4.69) is 0 Å². The third-order valence-corrected chi connectivity index (χ3v) is 3.44. The number of nitrogens with zero attached hydrogens (tertiary/aromatic N) is 1. The first-order valence-electron chi connectivity index (χ1n) is 5.40. The van der Waals surface area contributed by atoms with Crippen molar-refractivity contribution in [2.75, 3.05) is 13.6 Å². The number of rotatable bonds is 4. The predicted molar refractivity (Wildman–Crippen MR) is 65.5 cm³/mol. The molecule has 0 saturated carbocycles. The molecule has 0 spiro atoms. The second-order valence-corrected chi connectivity index (χ2v) is 5.76. The van der Waals surface area contributed by atoms with E-state index in [1.54, 1.807) is 0 Å². The fraction of sp³-hybridized carbons (Fsp3) is 0.364. The van der Waals surface area contributed by atoms with Gasteiger partial charge in [0.2, 0.25) is 10.0 Å². The van der Waals surface area contributed by atoms with Gasteiger partial charge in [-0.05, 0) is 24.6 Å². The number of primary sulfonamides is 1. The Balaban J connectivity index is 3.28. The highest BCUT2D eigenvalue weighted by Gasteiger charge is 2.22. The molecular weight excluding hydrogens is 297 g/mol. The Hall–Kier alpha value is -1.61. The lowest BCUT2D eigenvalue weighted by Gasteiger charge is -2.17. The smallest absolute Gasteiger partial charge is 0.255 e. The Morgan fingerprint density at radius 1 is 1.40 bits per heavy atom. The maximum absolute atomic E-state index is 13.6. The zero-order chi connectivity index (χ0) is 15.7. The van der Waals surface area contributed by atoms with Crippen LogP contribution in [-0.4, -0.2) is 39.2 Å². The van der Waals surface area contributed by atoms with Crippen LogP contribution in [0, 0.1) is 12.7 Å². The molecule has 5 nitrogen and oxygen atoms in total. The van der Waals surface area contributed by atoms with Gasteiger partial charge in [-0.3, -0.25) is 4.79 Å². The highest BCUT2D eigenvalue weighted by molar-refractivity contribution is 7.89. The van der Waals surface area contributed by atoms with E-state index in [9.17, 15) is 26.4 Å². The van der Waals surface area contributed by atoms with Crippen LogP contribution in [0.15, 0.2) is 17.0 Å². The van der Waals surface area contributed by atoms with E-state index in [0.29, 0.717) is 4.90 Å². The predicted octanol–water partition coefficient (Wildman–Crippen LogP) is 1.12. The van der Waals surface area contributed by atoms with Crippen molar-refractivity contribution >= 4 is 15.9 Å². The fourth-order valence-electron chi connectivity index (χ4n) is 1.58. The first-order chi connectivity index (χ1) is 9.04. The van der Waals surface area contributed by atoms with Crippen molar-refractivity contribution < 1.29 is 26.4 Å². The largest absolute Gasteiger partial charge is 0.336 e. The molecule has 0 saturated heterocycles. The Morgan fingerprint density at radius 3 is 2.40 bits per heavy atom. The summed E-state index contributed by atoms with van der Waals surface area (Å²) in [6.07, 6.45) is -2.73. The third kappa shape index (κ3) is 3.70. The summed E-state index contributed by atoms with van der Waals surface area (Å²) >= 11 is 0.